The molecule has 1 aliphatic rings. The number of anilines is 1. The summed E-state index contributed by atoms with van der Waals surface area (Å²) in [5.41, 5.74) is 2.07. The minimum Gasteiger partial charge on any atom is -0.491 e. The van der Waals surface area contributed by atoms with Crippen LogP contribution in [0.25, 0.3) is 0 Å². The van der Waals surface area contributed by atoms with Gasteiger partial charge in [-0.2, -0.15) is 0 Å². The molecule has 0 radical (unpaired) electrons. The molecule has 1 fully saturated rings. The van der Waals surface area contributed by atoms with E-state index in [0.29, 0.717) is 30.0 Å². The van der Waals surface area contributed by atoms with Gasteiger partial charge in [-0.25, -0.2) is 0 Å². The Labute approximate surface area is 193 Å². The van der Waals surface area contributed by atoms with Crippen molar-refractivity contribution in [1.29, 1.82) is 0 Å². The SMILES string of the molecule is O=C(NC(Cc1ccccc1)C(=O)Nc1ccccc1)c1cccc(OCC2CCCO2)c1. The Morgan fingerprint density at radius 1 is 0.970 bits per heavy atom. The molecular formula is C27H28N2O4. The molecular weight excluding hydrogens is 416 g/mol. The largest absolute Gasteiger partial charge is 0.491 e. The number of benzene rings is 3. The normalized spacial score (nSPS) is 16.1. The molecule has 2 unspecified atom stereocenters. The maximum absolute atomic E-state index is 13.0. The monoisotopic (exact) mass is 444 g/mol. The zero-order chi connectivity index (χ0) is 22.9. The Hall–Kier alpha value is -3.64. The van der Waals surface area contributed by atoms with E-state index >= 15 is 0 Å². The number of para-hydroxylation sites is 1. The van der Waals surface area contributed by atoms with Gasteiger partial charge in [-0.3, -0.25) is 9.59 Å². The van der Waals surface area contributed by atoms with Crippen molar-refractivity contribution < 1.29 is 19.1 Å². The van der Waals surface area contributed by atoms with Crippen molar-refractivity contribution in [3.8, 4) is 5.75 Å². The topological polar surface area (TPSA) is 76.7 Å². The number of rotatable bonds is 9. The molecule has 0 saturated carbocycles. The van der Waals surface area contributed by atoms with E-state index in [1.807, 2.05) is 66.7 Å². The smallest absolute Gasteiger partial charge is 0.252 e. The van der Waals surface area contributed by atoms with E-state index in [1.165, 1.54) is 0 Å². The van der Waals surface area contributed by atoms with Crippen LogP contribution in [0.3, 0.4) is 0 Å². The molecule has 0 bridgehead atoms. The quantitative estimate of drug-likeness (QED) is 0.518. The van der Waals surface area contributed by atoms with E-state index in [2.05, 4.69) is 10.6 Å². The van der Waals surface area contributed by atoms with E-state index in [0.717, 1.165) is 25.0 Å². The third-order valence-electron chi connectivity index (χ3n) is 5.50. The lowest BCUT2D eigenvalue weighted by atomic mass is 10.0. The van der Waals surface area contributed by atoms with Gasteiger partial charge in [0, 0.05) is 24.3 Å². The molecule has 170 valence electrons. The van der Waals surface area contributed by atoms with Crippen molar-refractivity contribution in [1.82, 2.24) is 5.32 Å². The van der Waals surface area contributed by atoms with Gasteiger partial charge in [0.25, 0.3) is 5.91 Å². The van der Waals surface area contributed by atoms with Crippen LogP contribution >= 0.6 is 0 Å². The zero-order valence-electron chi connectivity index (χ0n) is 18.4. The molecule has 3 aromatic rings. The number of carbonyl (C=O) groups excluding carboxylic acids is 2. The highest BCUT2D eigenvalue weighted by Gasteiger charge is 2.23. The van der Waals surface area contributed by atoms with Gasteiger partial charge in [0.05, 0.1) is 6.10 Å². The Morgan fingerprint density at radius 2 is 1.73 bits per heavy atom. The van der Waals surface area contributed by atoms with E-state index < -0.39 is 6.04 Å². The molecule has 6 heteroatoms. The summed E-state index contributed by atoms with van der Waals surface area (Å²) >= 11 is 0. The molecule has 6 nitrogen and oxygen atoms in total. The lowest BCUT2D eigenvalue weighted by Gasteiger charge is -2.19. The van der Waals surface area contributed by atoms with E-state index in [1.54, 1.807) is 18.2 Å². The van der Waals surface area contributed by atoms with Crippen LogP contribution < -0.4 is 15.4 Å². The van der Waals surface area contributed by atoms with Gasteiger partial charge < -0.3 is 20.1 Å². The standard InChI is InChI=1S/C27H28N2O4/c30-26(21-11-7-14-23(18-21)33-19-24-15-8-16-32-24)29-25(17-20-9-3-1-4-10-20)27(31)28-22-12-5-2-6-13-22/h1-7,9-14,18,24-25H,8,15-17,19H2,(H,28,31)(H,29,30). The van der Waals surface area contributed by atoms with E-state index in [-0.39, 0.29) is 17.9 Å². The fraction of sp³-hybridized carbons (Fsp3) is 0.259. The minimum atomic E-state index is -0.739. The van der Waals surface area contributed by atoms with Crippen LogP contribution in [-0.2, 0) is 16.0 Å². The van der Waals surface area contributed by atoms with Crippen molar-refractivity contribution in [2.75, 3.05) is 18.5 Å². The molecule has 2 amide bonds. The van der Waals surface area contributed by atoms with Crippen molar-refractivity contribution >= 4 is 17.5 Å². The first kappa shape index (κ1) is 22.6. The lowest BCUT2D eigenvalue weighted by molar-refractivity contribution is -0.118. The average molecular weight is 445 g/mol. The van der Waals surface area contributed by atoms with E-state index in [9.17, 15) is 9.59 Å². The summed E-state index contributed by atoms with van der Waals surface area (Å²) in [5.74, 6) is -0.00241. The molecule has 3 aromatic carbocycles. The Bertz CT molecular complexity index is 1050. The van der Waals surface area contributed by atoms with Gasteiger partial charge >= 0.3 is 0 Å². The fourth-order valence-electron chi connectivity index (χ4n) is 3.74. The molecule has 0 spiro atoms. The first-order valence-corrected chi connectivity index (χ1v) is 11.2. The Balaban J connectivity index is 1.44. The molecule has 33 heavy (non-hydrogen) atoms. The van der Waals surface area contributed by atoms with Gasteiger partial charge in [0.2, 0.25) is 5.91 Å². The van der Waals surface area contributed by atoms with Crippen LogP contribution in [0.1, 0.15) is 28.8 Å². The Kier molecular flexibility index (Phi) is 7.72. The summed E-state index contributed by atoms with van der Waals surface area (Å²) in [4.78, 5) is 26.1. The second kappa shape index (κ2) is 11.3. The van der Waals surface area contributed by atoms with Crippen LogP contribution in [0, 0.1) is 0 Å². The molecule has 1 aliphatic heterocycles. The third-order valence-corrected chi connectivity index (χ3v) is 5.50. The second-order valence-electron chi connectivity index (χ2n) is 8.04. The summed E-state index contributed by atoms with van der Waals surface area (Å²) in [6.07, 6.45) is 2.50. The number of carbonyl (C=O) groups is 2. The predicted octanol–water partition coefficient (Wildman–Crippen LogP) is 4.22. The van der Waals surface area contributed by atoms with Crippen LogP contribution in [0.4, 0.5) is 5.69 Å². The second-order valence-corrected chi connectivity index (χ2v) is 8.04. The van der Waals surface area contributed by atoms with Gasteiger partial charge in [0.1, 0.15) is 18.4 Å². The van der Waals surface area contributed by atoms with Crippen molar-refractivity contribution in [2.24, 2.45) is 0 Å². The lowest BCUT2D eigenvalue weighted by Crippen LogP contribution is -2.45. The molecule has 2 N–H and O–H groups in total. The molecule has 2 atom stereocenters. The van der Waals surface area contributed by atoms with E-state index in [4.69, 9.17) is 9.47 Å². The predicted molar refractivity (Wildman–Crippen MR) is 127 cm³/mol. The first-order valence-electron chi connectivity index (χ1n) is 11.2. The molecule has 1 heterocycles. The van der Waals surface area contributed by atoms with Crippen molar-refractivity contribution in [3.05, 3.63) is 96.1 Å². The highest BCUT2D eigenvalue weighted by Crippen LogP contribution is 2.18. The Morgan fingerprint density at radius 3 is 2.45 bits per heavy atom. The number of hydrogen-bond acceptors (Lipinski definition) is 4. The fourth-order valence-corrected chi connectivity index (χ4v) is 3.74. The third kappa shape index (κ3) is 6.67. The van der Waals surface area contributed by atoms with Crippen LogP contribution in [0.2, 0.25) is 0 Å². The van der Waals surface area contributed by atoms with Crippen LogP contribution in [0.5, 0.6) is 5.75 Å². The molecule has 0 aliphatic carbocycles. The van der Waals surface area contributed by atoms with Gasteiger partial charge in [-0.1, -0.05) is 54.6 Å². The number of amides is 2. The summed E-state index contributed by atoms with van der Waals surface area (Å²) in [6.45, 7) is 1.23. The zero-order valence-corrected chi connectivity index (χ0v) is 18.4. The maximum Gasteiger partial charge on any atom is 0.252 e. The van der Waals surface area contributed by atoms with Crippen LogP contribution in [-0.4, -0.2) is 37.2 Å². The van der Waals surface area contributed by atoms with Crippen molar-refractivity contribution in [2.45, 2.75) is 31.4 Å². The first-order chi connectivity index (χ1) is 16.2. The molecule has 0 aromatic heterocycles. The van der Waals surface area contributed by atoms with Crippen molar-refractivity contribution in [3.63, 3.8) is 0 Å². The maximum atomic E-state index is 13.0. The highest BCUT2D eigenvalue weighted by molar-refractivity contribution is 6.01. The summed E-state index contributed by atoms with van der Waals surface area (Å²) in [6, 6.07) is 25.1. The summed E-state index contributed by atoms with van der Waals surface area (Å²) < 4.78 is 11.4. The van der Waals surface area contributed by atoms with Crippen LogP contribution in [0.15, 0.2) is 84.9 Å². The molecule has 1 saturated heterocycles. The number of ether oxygens (including phenoxy) is 2. The average Bonchev–Trinajstić information content (AvgIpc) is 3.37. The van der Waals surface area contributed by atoms with Gasteiger partial charge in [-0.05, 0) is 48.7 Å². The minimum absolute atomic E-state index is 0.0967. The number of nitrogens with one attached hydrogen (secondary N) is 2. The van der Waals surface area contributed by atoms with Gasteiger partial charge in [0.15, 0.2) is 0 Å². The van der Waals surface area contributed by atoms with Gasteiger partial charge in [-0.15, -0.1) is 0 Å². The summed E-state index contributed by atoms with van der Waals surface area (Å²) in [5, 5.41) is 5.78. The highest BCUT2D eigenvalue weighted by atomic mass is 16.5. The number of hydrogen-bond donors (Lipinski definition) is 2. The molecule has 4 rings (SSSR count). The summed E-state index contributed by atoms with van der Waals surface area (Å²) in [7, 11) is 0.